The molecule has 0 unspecified atom stereocenters. The standard InChI is InChI=1S/C11H16BrN/c1-8-7-9(5-6-10(8)12)13-11(2,3)4/h5-7,13H,1-4H3. The van der Waals surface area contributed by atoms with Crippen molar-refractivity contribution in [3.8, 4) is 0 Å². The highest BCUT2D eigenvalue weighted by Crippen LogP contribution is 2.22. The molecule has 0 atom stereocenters. The second kappa shape index (κ2) is 3.70. The minimum atomic E-state index is 0.125. The summed E-state index contributed by atoms with van der Waals surface area (Å²) in [6.07, 6.45) is 0. The van der Waals surface area contributed by atoms with Crippen molar-refractivity contribution < 1.29 is 0 Å². The van der Waals surface area contributed by atoms with Gasteiger partial charge in [-0.15, -0.1) is 0 Å². The first kappa shape index (κ1) is 10.6. The van der Waals surface area contributed by atoms with Gasteiger partial charge in [-0.2, -0.15) is 0 Å². The van der Waals surface area contributed by atoms with Crippen molar-refractivity contribution >= 4 is 21.6 Å². The lowest BCUT2D eigenvalue weighted by Crippen LogP contribution is -2.25. The molecule has 0 saturated heterocycles. The largest absolute Gasteiger partial charge is 0.380 e. The zero-order valence-electron chi connectivity index (χ0n) is 8.61. The minimum absolute atomic E-state index is 0.125. The third-order valence-corrected chi connectivity index (χ3v) is 2.57. The summed E-state index contributed by atoms with van der Waals surface area (Å²) in [5, 5.41) is 3.43. The van der Waals surface area contributed by atoms with Gasteiger partial charge in [-0.05, 0) is 51.5 Å². The van der Waals surface area contributed by atoms with Crippen molar-refractivity contribution in [3.05, 3.63) is 28.2 Å². The fraction of sp³-hybridized carbons (Fsp3) is 0.455. The lowest BCUT2D eigenvalue weighted by molar-refractivity contribution is 0.634. The summed E-state index contributed by atoms with van der Waals surface area (Å²) in [6.45, 7) is 8.57. The Kier molecular flexibility index (Phi) is 3.01. The van der Waals surface area contributed by atoms with Crippen molar-refractivity contribution in [2.75, 3.05) is 5.32 Å². The molecule has 0 spiro atoms. The smallest absolute Gasteiger partial charge is 0.0347 e. The number of nitrogens with one attached hydrogen (secondary N) is 1. The van der Waals surface area contributed by atoms with E-state index in [0.29, 0.717) is 0 Å². The van der Waals surface area contributed by atoms with E-state index in [1.807, 2.05) is 0 Å². The lowest BCUT2D eigenvalue weighted by Gasteiger charge is -2.22. The summed E-state index contributed by atoms with van der Waals surface area (Å²) < 4.78 is 1.16. The lowest BCUT2D eigenvalue weighted by atomic mass is 10.1. The molecule has 1 aromatic rings. The van der Waals surface area contributed by atoms with Gasteiger partial charge in [0.15, 0.2) is 0 Å². The van der Waals surface area contributed by atoms with Crippen LogP contribution >= 0.6 is 15.9 Å². The average molecular weight is 242 g/mol. The maximum Gasteiger partial charge on any atom is 0.0347 e. The van der Waals surface area contributed by atoms with E-state index < -0.39 is 0 Å². The Bertz CT molecular complexity index is 299. The molecule has 0 aliphatic carbocycles. The predicted molar refractivity (Wildman–Crippen MR) is 62.3 cm³/mol. The first-order valence-corrected chi connectivity index (χ1v) is 5.22. The Morgan fingerprint density at radius 1 is 1.23 bits per heavy atom. The Morgan fingerprint density at radius 2 is 1.85 bits per heavy atom. The highest BCUT2D eigenvalue weighted by Gasteiger charge is 2.09. The fourth-order valence-corrected chi connectivity index (χ4v) is 1.40. The van der Waals surface area contributed by atoms with Crippen molar-refractivity contribution in [2.24, 2.45) is 0 Å². The highest BCUT2D eigenvalue weighted by molar-refractivity contribution is 9.10. The van der Waals surface area contributed by atoms with E-state index in [1.54, 1.807) is 0 Å². The van der Waals surface area contributed by atoms with Gasteiger partial charge in [-0.25, -0.2) is 0 Å². The molecule has 0 radical (unpaired) electrons. The van der Waals surface area contributed by atoms with Crippen LogP contribution < -0.4 is 5.32 Å². The van der Waals surface area contributed by atoms with Crippen molar-refractivity contribution in [1.82, 2.24) is 0 Å². The van der Waals surface area contributed by atoms with Crippen LogP contribution in [0.5, 0.6) is 0 Å². The molecule has 0 bridgehead atoms. The molecule has 0 fully saturated rings. The maximum atomic E-state index is 3.48. The van der Waals surface area contributed by atoms with E-state index in [0.717, 1.165) is 4.47 Å². The molecule has 2 heteroatoms. The van der Waals surface area contributed by atoms with Crippen LogP contribution in [-0.4, -0.2) is 5.54 Å². The van der Waals surface area contributed by atoms with E-state index in [2.05, 4.69) is 67.1 Å². The molecule has 1 aromatic carbocycles. The van der Waals surface area contributed by atoms with E-state index in [9.17, 15) is 0 Å². The second-order valence-corrected chi connectivity index (χ2v) is 5.19. The molecule has 0 saturated carbocycles. The maximum absolute atomic E-state index is 3.48. The van der Waals surface area contributed by atoms with Gasteiger partial charge in [0.05, 0.1) is 0 Å². The molecule has 1 N–H and O–H groups in total. The van der Waals surface area contributed by atoms with Crippen molar-refractivity contribution in [3.63, 3.8) is 0 Å². The number of hydrogen-bond acceptors (Lipinski definition) is 1. The molecule has 0 aromatic heterocycles. The van der Waals surface area contributed by atoms with Crippen LogP contribution in [0.25, 0.3) is 0 Å². The van der Waals surface area contributed by atoms with E-state index >= 15 is 0 Å². The van der Waals surface area contributed by atoms with Gasteiger partial charge in [0, 0.05) is 15.7 Å². The van der Waals surface area contributed by atoms with Gasteiger partial charge in [0.2, 0.25) is 0 Å². The molecular formula is C11H16BrN. The van der Waals surface area contributed by atoms with Crippen LogP contribution in [0.1, 0.15) is 26.3 Å². The van der Waals surface area contributed by atoms with Gasteiger partial charge < -0.3 is 5.32 Å². The van der Waals surface area contributed by atoms with E-state index in [4.69, 9.17) is 0 Å². The molecule has 1 nitrogen and oxygen atoms in total. The first-order valence-electron chi connectivity index (χ1n) is 4.43. The Morgan fingerprint density at radius 3 is 2.31 bits per heavy atom. The quantitative estimate of drug-likeness (QED) is 0.785. The minimum Gasteiger partial charge on any atom is -0.380 e. The van der Waals surface area contributed by atoms with Crippen LogP contribution in [0.3, 0.4) is 0 Å². The Balaban J connectivity index is 2.86. The number of aryl methyl sites for hydroxylation is 1. The fourth-order valence-electron chi connectivity index (χ4n) is 1.16. The van der Waals surface area contributed by atoms with Crippen LogP contribution in [0.15, 0.2) is 22.7 Å². The SMILES string of the molecule is Cc1cc(NC(C)(C)C)ccc1Br. The van der Waals surface area contributed by atoms with Gasteiger partial charge in [0.25, 0.3) is 0 Å². The zero-order valence-corrected chi connectivity index (χ0v) is 10.2. The summed E-state index contributed by atoms with van der Waals surface area (Å²) in [5.74, 6) is 0. The first-order chi connectivity index (χ1) is 5.88. The number of anilines is 1. The van der Waals surface area contributed by atoms with Crippen LogP contribution in [0.2, 0.25) is 0 Å². The summed E-state index contributed by atoms with van der Waals surface area (Å²) in [5.41, 5.74) is 2.56. The number of hydrogen-bond donors (Lipinski definition) is 1. The molecule has 13 heavy (non-hydrogen) atoms. The summed E-state index contributed by atoms with van der Waals surface area (Å²) >= 11 is 3.48. The molecule has 0 aliphatic rings. The van der Waals surface area contributed by atoms with Crippen LogP contribution in [0.4, 0.5) is 5.69 Å². The number of halogens is 1. The van der Waals surface area contributed by atoms with Gasteiger partial charge in [-0.3, -0.25) is 0 Å². The molecule has 0 heterocycles. The Labute approximate surface area is 88.7 Å². The number of benzene rings is 1. The van der Waals surface area contributed by atoms with Gasteiger partial charge in [-0.1, -0.05) is 15.9 Å². The van der Waals surface area contributed by atoms with Crippen molar-refractivity contribution in [2.45, 2.75) is 33.2 Å². The van der Waals surface area contributed by atoms with Crippen molar-refractivity contribution in [1.29, 1.82) is 0 Å². The summed E-state index contributed by atoms with van der Waals surface area (Å²) in [7, 11) is 0. The highest BCUT2D eigenvalue weighted by atomic mass is 79.9. The van der Waals surface area contributed by atoms with E-state index in [-0.39, 0.29) is 5.54 Å². The van der Waals surface area contributed by atoms with Gasteiger partial charge in [0.1, 0.15) is 0 Å². The summed E-state index contributed by atoms with van der Waals surface area (Å²) in [4.78, 5) is 0. The third-order valence-electron chi connectivity index (χ3n) is 1.68. The zero-order chi connectivity index (χ0) is 10.1. The second-order valence-electron chi connectivity index (χ2n) is 4.34. The van der Waals surface area contributed by atoms with Crippen LogP contribution in [-0.2, 0) is 0 Å². The Hall–Kier alpha value is -0.500. The average Bonchev–Trinajstić information content (AvgIpc) is 1.94. The summed E-state index contributed by atoms with van der Waals surface area (Å²) in [6, 6.07) is 6.31. The third kappa shape index (κ3) is 3.39. The molecule has 1 rings (SSSR count). The molecular weight excluding hydrogens is 226 g/mol. The number of rotatable bonds is 1. The van der Waals surface area contributed by atoms with Crippen LogP contribution in [0, 0.1) is 6.92 Å². The van der Waals surface area contributed by atoms with Gasteiger partial charge >= 0.3 is 0 Å². The molecule has 72 valence electrons. The topological polar surface area (TPSA) is 12.0 Å². The molecule has 0 amide bonds. The predicted octanol–water partition coefficient (Wildman–Crippen LogP) is 3.97. The monoisotopic (exact) mass is 241 g/mol. The normalized spacial score (nSPS) is 11.5. The van der Waals surface area contributed by atoms with E-state index in [1.165, 1.54) is 11.3 Å². The molecule has 0 aliphatic heterocycles.